The third-order valence-corrected chi connectivity index (χ3v) is 3.30. The molecule has 9 heteroatoms. The molecule has 0 bridgehead atoms. The molecule has 0 amide bonds. The first-order chi connectivity index (χ1) is 10.7. The number of carboxylic acid groups (broad SMARTS) is 2. The van der Waals surface area contributed by atoms with Gasteiger partial charge in [0.25, 0.3) is 5.69 Å². The molecule has 2 rings (SSSR count). The van der Waals surface area contributed by atoms with Crippen molar-refractivity contribution in [1.29, 1.82) is 0 Å². The minimum absolute atomic E-state index is 0.501. The monoisotopic (exact) mass is 430 g/mol. The van der Waals surface area contributed by atoms with Crippen LogP contribution in [0.2, 0.25) is 0 Å². The van der Waals surface area contributed by atoms with Gasteiger partial charge in [-0.15, -0.1) is 0 Å². The second-order valence-electron chi connectivity index (χ2n) is 4.21. The average molecular weight is 430 g/mol. The molecule has 0 unspecified atom stereocenters. The molecule has 0 aliphatic rings. The van der Waals surface area contributed by atoms with Crippen molar-refractivity contribution in [2.24, 2.45) is 0 Å². The Bertz CT molecular complexity index is 724. The lowest BCUT2D eigenvalue weighted by Gasteiger charge is -2.05. The Labute approximate surface area is 143 Å². The Morgan fingerprint density at radius 1 is 1.09 bits per heavy atom. The summed E-state index contributed by atoms with van der Waals surface area (Å²) in [7, 11) is 0. The summed E-state index contributed by atoms with van der Waals surface area (Å²) in [6, 6.07) is 10.5. The van der Waals surface area contributed by atoms with Crippen LogP contribution in [-0.4, -0.2) is 22.0 Å². The molecule has 0 aliphatic heterocycles. The van der Waals surface area contributed by atoms with Crippen molar-refractivity contribution < 1.29 is 30.5 Å². The second kappa shape index (κ2) is 8.19. The minimum atomic E-state index is -1.77. The number of nitro benzene ring substituents is 1. The first kappa shape index (κ1) is 18.5. The number of halogens is 1. The second-order valence-corrected chi connectivity index (χ2v) is 5.45. The van der Waals surface area contributed by atoms with Crippen molar-refractivity contribution in [2.45, 2.75) is 0 Å². The van der Waals surface area contributed by atoms with E-state index in [1.807, 2.05) is 24.3 Å². The highest BCUT2D eigenvalue weighted by Gasteiger charge is 2.15. The number of hydrogen-bond donors (Lipinski definition) is 2. The van der Waals surface area contributed by atoms with Gasteiger partial charge in [0.15, 0.2) is 0 Å². The molecule has 0 saturated heterocycles. The van der Waals surface area contributed by atoms with E-state index in [9.17, 15) is 24.8 Å². The normalized spacial score (nSPS) is 9.48. The summed E-state index contributed by atoms with van der Waals surface area (Å²) in [6.07, 6.45) is 0. The molecule has 120 valence electrons. The van der Waals surface area contributed by atoms with Gasteiger partial charge in [-0.05, 0) is 52.9 Å². The van der Waals surface area contributed by atoms with Gasteiger partial charge in [0.05, 0.1) is 16.5 Å². The number of carboxylic acids is 2. The smallest absolute Gasteiger partial charge is 0.336 e. The fourth-order valence-corrected chi connectivity index (χ4v) is 1.85. The Balaban J connectivity index is 0.000000277. The predicted octanol–water partition coefficient (Wildman–Crippen LogP) is 0.821. The summed E-state index contributed by atoms with van der Waals surface area (Å²) < 4.78 is 1.26. The van der Waals surface area contributed by atoms with Crippen LogP contribution in [0, 0.1) is 13.7 Å². The quantitative estimate of drug-likeness (QED) is 0.419. The van der Waals surface area contributed by atoms with Gasteiger partial charge in [0.2, 0.25) is 0 Å². The molecule has 0 atom stereocenters. The topological polar surface area (TPSA) is 148 Å². The maximum Gasteiger partial charge on any atom is 0.336 e. The molecule has 0 saturated carbocycles. The highest BCUT2D eigenvalue weighted by molar-refractivity contribution is 14.1. The molecule has 23 heavy (non-hydrogen) atoms. The van der Waals surface area contributed by atoms with Crippen molar-refractivity contribution in [3.8, 4) is 0 Å². The molecule has 0 spiro atoms. The number of aromatic carboxylic acids is 2. The van der Waals surface area contributed by atoms with E-state index in [0.717, 1.165) is 17.8 Å². The van der Waals surface area contributed by atoms with Crippen LogP contribution in [-0.2, 0) is 0 Å². The number of carbonyl (C=O) groups excluding carboxylic acids is 1. The largest absolute Gasteiger partial charge is 0.545 e. The van der Waals surface area contributed by atoms with Gasteiger partial charge < -0.3 is 20.7 Å². The predicted molar refractivity (Wildman–Crippen MR) is 86.1 cm³/mol. The molecule has 2 aromatic carbocycles. The van der Waals surface area contributed by atoms with Crippen LogP contribution >= 0.6 is 22.6 Å². The number of nitrogens with zero attached hydrogens (tertiary/aromatic N) is 1. The molecule has 2 aromatic rings. The molecular weight excluding hydrogens is 419 g/mol. The zero-order valence-electron chi connectivity index (χ0n) is 11.6. The zero-order valence-corrected chi connectivity index (χ0v) is 13.7. The molecule has 4 N–H and O–H groups in total. The van der Waals surface area contributed by atoms with Crippen molar-refractivity contribution in [2.75, 3.05) is 0 Å². The molecule has 0 aromatic heterocycles. The molecule has 0 radical (unpaired) electrons. The SMILES string of the molecule is O=C([O-])c1cc([N+](=O)[O-])ccc1C(=O)O.[NH3+]c1ccc(I)cc1. The standard InChI is InChI=1S/C8H5NO6.C6H6IN/c10-7(11)5-2-1-4(9(14)15)3-6(5)8(12)13;7-5-1-3-6(8)4-2-5/h1-3H,(H,10,11)(H,12,13);1-4H,8H2. The van der Waals surface area contributed by atoms with Crippen LogP contribution in [0.5, 0.6) is 0 Å². The number of quaternary nitrogens is 1. The average Bonchev–Trinajstić information content (AvgIpc) is 2.50. The van der Waals surface area contributed by atoms with E-state index in [2.05, 4.69) is 28.3 Å². The highest BCUT2D eigenvalue weighted by atomic mass is 127. The van der Waals surface area contributed by atoms with Crippen molar-refractivity contribution in [1.82, 2.24) is 0 Å². The fourth-order valence-electron chi connectivity index (χ4n) is 1.49. The van der Waals surface area contributed by atoms with Crippen molar-refractivity contribution in [3.05, 3.63) is 67.3 Å². The summed E-state index contributed by atoms with van der Waals surface area (Å²) in [5.74, 6) is -3.25. The lowest BCUT2D eigenvalue weighted by atomic mass is 10.1. The Morgan fingerprint density at radius 3 is 2.04 bits per heavy atom. The van der Waals surface area contributed by atoms with Gasteiger partial charge >= 0.3 is 5.97 Å². The Kier molecular flexibility index (Phi) is 6.60. The van der Waals surface area contributed by atoms with E-state index >= 15 is 0 Å². The first-order valence-electron chi connectivity index (χ1n) is 6.03. The third kappa shape index (κ3) is 5.64. The van der Waals surface area contributed by atoms with E-state index in [0.29, 0.717) is 6.07 Å². The molecule has 0 aliphatic carbocycles. The molecule has 0 heterocycles. The number of non-ortho nitro benzene ring substituents is 1. The van der Waals surface area contributed by atoms with Crippen LogP contribution < -0.4 is 10.8 Å². The minimum Gasteiger partial charge on any atom is -0.545 e. The molecule has 8 nitrogen and oxygen atoms in total. The Hall–Kier alpha value is -2.53. The fraction of sp³-hybridized carbons (Fsp3) is 0. The lowest BCUT2D eigenvalue weighted by Crippen LogP contribution is -2.39. The number of nitro groups is 1. The highest BCUT2D eigenvalue weighted by Crippen LogP contribution is 2.17. The van der Waals surface area contributed by atoms with Gasteiger partial charge in [-0.1, -0.05) is 0 Å². The van der Waals surface area contributed by atoms with Crippen LogP contribution in [0.15, 0.2) is 42.5 Å². The van der Waals surface area contributed by atoms with Gasteiger partial charge in [-0.3, -0.25) is 10.1 Å². The third-order valence-electron chi connectivity index (χ3n) is 2.58. The summed E-state index contributed by atoms with van der Waals surface area (Å²) in [6.45, 7) is 0. The Morgan fingerprint density at radius 2 is 1.65 bits per heavy atom. The summed E-state index contributed by atoms with van der Waals surface area (Å²) in [5.41, 5.74) is 3.08. The van der Waals surface area contributed by atoms with Gasteiger partial charge in [0.1, 0.15) is 5.69 Å². The summed E-state index contributed by atoms with van der Waals surface area (Å²) in [4.78, 5) is 30.5. The van der Waals surface area contributed by atoms with Crippen molar-refractivity contribution >= 4 is 45.9 Å². The van der Waals surface area contributed by atoms with Gasteiger partial charge in [0, 0.05) is 21.3 Å². The maximum absolute atomic E-state index is 10.5. The number of hydrogen-bond acceptors (Lipinski definition) is 5. The van der Waals surface area contributed by atoms with Crippen LogP contribution in [0.1, 0.15) is 20.7 Å². The van der Waals surface area contributed by atoms with Gasteiger partial charge in [-0.2, -0.15) is 0 Å². The van der Waals surface area contributed by atoms with Crippen molar-refractivity contribution in [3.63, 3.8) is 0 Å². The molecule has 0 fully saturated rings. The molecular formula is C14H11IN2O6. The zero-order chi connectivity index (χ0) is 17.6. The lowest BCUT2D eigenvalue weighted by molar-refractivity contribution is -0.385. The number of benzene rings is 2. The van der Waals surface area contributed by atoms with E-state index in [1.165, 1.54) is 3.57 Å². The summed E-state index contributed by atoms with van der Waals surface area (Å²) in [5, 5.41) is 29.4. The van der Waals surface area contributed by atoms with E-state index < -0.39 is 33.7 Å². The van der Waals surface area contributed by atoms with Gasteiger partial charge in [-0.25, -0.2) is 4.79 Å². The summed E-state index contributed by atoms with van der Waals surface area (Å²) >= 11 is 2.27. The van der Waals surface area contributed by atoms with Crippen LogP contribution in [0.3, 0.4) is 0 Å². The first-order valence-corrected chi connectivity index (χ1v) is 7.11. The van der Waals surface area contributed by atoms with E-state index in [-0.39, 0.29) is 0 Å². The van der Waals surface area contributed by atoms with Crippen LogP contribution in [0.25, 0.3) is 0 Å². The maximum atomic E-state index is 10.5. The van der Waals surface area contributed by atoms with Crippen LogP contribution in [0.4, 0.5) is 11.4 Å². The number of carbonyl (C=O) groups is 2. The number of rotatable bonds is 3. The van der Waals surface area contributed by atoms with E-state index in [4.69, 9.17) is 5.11 Å². The van der Waals surface area contributed by atoms with E-state index in [1.54, 1.807) is 0 Å².